The summed E-state index contributed by atoms with van der Waals surface area (Å²) in [6.07, 6.45) is 5.97. The second kappa shape index (κ2) is 8.74. The second-order valence-corrected chi connectivity index (χ2v) is 9.60. The Balaban J connectivity index is 1.79. The van der Waals surface area contributed by atoms with Gasteiger partial charge >= 0.3 is 0 Å². The second-order valence-electron chi connectivity index (χ2n) is 5.77. The minimum Gasteiger partial charge on any atom is -0.291 e. The highest BCUT2D eigenvalue weighted by atomic mass is 35.5. The van der Waals surface area contributed by atoms with Gasteiger partial charge in [0.2, 0.25) is 0 Å². The zero-order chi connectivity index (χ0) is 17.6. The van der Waals surface area contributed by atoms with Crippen LogP contribution in [0.1, 0.15) is 40.3 Å². The summed E-state index contributed by atoms with van der Waals surface area (Å²) >= 11 is 7.29. The summed E-state index contributed by atoms with van der Waals surface area (Å²) in [5, 5.41) is 0.788. The molecule has 0 unspecified atom stereocenters. The molecule has 2 aromatic rings. The SMILES string of the molecule is CS(=O)(=O)CC(=O)c1nc(CCCCCc2ccccc2)sc1Cl. The number of hydrogen-bond donors (Lipinski definition) is 0. The number of ketones is 1. The van der Waals surface area contributed by atoms with Gasteiger partial charge in [-0.1, -0.05) is 48.4 Å². The van der Waals surface area contributed by atoms with Gasteiger partial charge in [0.15, 0.2) is 15.6 Å². The predicted molar refractivity (Wildman–Crippen MR) is 98.9 cm³/mol. The topological polar surface area (TPSA) is 64.1 Å². The number of aromatic nitrogens is 1. The molecule has 7 heteroatoms. The molecule has 0 fully saturated rings. The average molecular weight is 386 g/mol. The number of Topliss-reactive ketones (excluding diaryl/α,β-unsaturated/α-hetero) is 1. The monoisotopic (exact) mass is 385 g/mol. The highest BCUT2D eigenvalue weighted by molar-refractivity contribution is 7.91. The maximum Gasteiger partial charge on any atom is 0.198 e. The number of carbonyl (C=O) groups excluding carboxylic acids is 1. The van der Waals surface area contributed by atoms with Gasteiger partial charge < -0.3 is 0 Å². The third kappa shape index (κ3) is 6.34. The number of hydrogen-bond acceptors (Lipinski definition) is 5. The van der Waals surface area contributed by atoms with Crippen LogP contribution in [0, 0.1) is 0 Å². The number of rotatable bonds is 9. The van der Waals surface area contributed by atoms with Gasteiger partial charge in [0.25, 0.3) is 0 Å². The average Bonchev–Trinajstić information content (AvgIpc) is 2.87. The van der Waals surface area contributed by atoms with Crippen molar-refractivity contribution in [1.82, 2.24) is 4.98 Å². The molecule has 0 spiro atoms. The van der Waals surface area contributed by atoms with Crippen LogP contribution in [0.3, 0.4) is 0 Å². The van der Waals surface area contributed by atoms with Crippen molar-refractivity contribution in [3.05, 3.63) is 50.9 Å². The van der Waals surface area contributed by atoms with Gasteiger partial charge in [-0.25, -0.2) is 13.4 Å². The fourth-order valence-corrected chi connectivity index (χ4v) is 4.23. The number of thiazole rings is 1. The largest absolute Gasteiger partial charge is 0.291 e. The molecule has 0 radical (unpaired) electrons. The Morgan fingerprint density at radius 2 is 1.79 bits per heavy atom. The molecular formula is C17H20ClNO3S2. The van der Waals surface area contributed by atoms with E-state index in [0.29, 0.717) is 0 Å². The number of sulfone groups is 1. The van der Waals surface area contributed by atoms with Crippen LogP contribution in [-0.4, -0.2) is 31.2 Å². The van der Waals surface area contributed by atoms with Crippen molar-refractivity contribution < 1.29 is 13.2 Å². The third-order valence-electron chi connectivity index (χ3n) is 3.49. The van der Waals surface area contributed by atoms with E-state index in [0.717, 1.165) is 43.4 Å². The minimum absolute atomic E-state index is 0.0892. The number of aryl methyl sites for hydroxylation is 2. The zero-order valence-corrected chi connectivity index (χ0v) is 15.9. The summed E-state index contributed by atoms with van der Waals surface area (Å²) in [5.74, 6) is -1.08. The van der Waals surface area contributed by atoms with Crippen molar-refractivity contribution in [3.63, 3.8) is 0 Å². The van der Waals surface area contributed by atoms with Crippen LogP contribution in [0.5, 0.6) is 0 Å². The first-order chi connectivity index (χ1) is 11.3. The molecule has 1 aromatic heterocycles. The molecule has 0 saturated heterocycles. The lowest BCUT2D eigenvalue weighted by Crippen LogP contribution is -2.15. The Bertz CT molecular complexity index is 785. The Hall–Kier alpha value is -1.24. The Labute approximate surface area is 151 Å². The summed E-state index contributed by atoms with van der Waals surface area (Å²) in [6, 6.07) is 10.3. The fraction of sp³-hybridized carbons (Fsp3) is 0.412. The molecule has 0 amide bonds. The first-order valence-corrected chi connectivity index (χ1v) is 11.0. The Kier molecular flexibility index (Phi) is 6.95. The quantitative estimate of drug-likeness (QED) is 0.483. The first-order valence-electron chi connectivity index (χ1n) is 7.75. The van der Waals surface area contributed by atoms with Gasteiger partial charge in [-0.3, -0.25) is 4.79 Å². The van der Waals surface area contributed by atoms with Crippen LogP contribution >= 0.6 is 22.9 Å². The van der Waals surface area contributed by atoms with E-state index in [1.165, 1.54) is 16.9 Å². The van der Waals surface area contributed by atoms with Crippen LogP contribution in [-0.2, 0) is 22.7 Å². The van der Waals surface area contributed by atoms with E-state index in [-0.39, 0.29) is 10.0 Å². The summed E-state index contributed by atoms with van der Waals surface area (Å²) in [7, 11) is -3.37. The molecule has 0 bridgehead atoms. The van der Waals surface area contributed by atoms with Crippen molar-refractivity contribution in [1.29, 1.82) is 0 Å². The number of halogens is 1. The van der Waals surface area contributed by atoms with Crippen molar-refractivity contribution in [2.75, 3.05) is 12.0 Å². The molecule has 130 valence electrons. The van der Waals surface area contributed by atoms with Gasteiger partial charge in [0.1, 0.15) is 15.8 Å². The molecule has 0 aliphatic rings. The molecule has 0 N–H and O–H groups in total. The lowest BCUT2D eigenvalue weighted by molar-refractivity contribution is 0.101. The number of benzene rings is 1. The van der Waals surface area contributed by atoms with Crippen molar-refractivity contribution >= 4 is 38.6 Å². The Morgan fingerprint density at radius 3 is 2.46 bits per heavy atom. The molecule has 0 saturated carbocycles. The molecule has 1 heterocycles. The van der Waals surface area contributed by atoms with Gasteiger partial charge in [0.05, 0.1) is 5.01 Å². The lowest BCUT2D eigenvalue weighted by atomic mass is 10.1. The molecule has 1 aromatic carbocycles. The molecule has 2 rings (SSSR count). The molecule has 4 nitrogen and oxygen atoms in total. The van der Waals surface area contributed by atoms with E-state index < -0.39 is 21.4 Å². The zero-order valence-electron chi connectivity index (χ0n) is 13.5. The van der Waals surface area contributed by atoms with Crippen molar-refractivity contribution in [3.8, 4) is 0 Å². The summed E-state index contributed by atoms with van der Waals surface area (Å²) in [5.41, 5.74) is 1.43. The van der Waals surface area contributed by atoms with Crippen LogP contribution in [0.25, 0.3) is 0 Å². The van der Waals surface area contributed by atoms with E-state index in [9.17, 15) is 13.2 Å². The van der Waals surface area contributed by atoms with Crippen LogP contribution < -0.4 is 0 Å². The third-order valence-corrected chi connectivity index (χ3v) is 5.59. The standard InChI is InChI=1S/C17H20ClNO3S2/c1-24(21,22)12-14(20)16-17(18)23-15(19-16)11-7-3-6-10-13-8-4-2-5-9-13/h2,4-5,8-9H,3,6-7,10-12H2,1H3. The minimum atomic E-state index is -3.37. The van der Waals surface area contributed by atoms with Gasteiger partial charge in [0, 0.05) is 6.26 Å². The van der Waals surface area contributed by atoms with Crippen molar-refractivity contribution in [2.45, 2.75) is 32.1 Å². The van der Waals surface area contributed by atoms with E-state index in [1.807, 2.05) is 18.2 Å². The summed E-state index contributed by atoms with van der Waals surface area (Å²) < 4.78 is 22.7. The number of unbranched alkanes of at least 4 members (excludes halogenated alkanes) is 2. The highest BCUT2D eigenvalue weighted by Crippen LogP contribution is 2.26. The first kappa shape index (κ1) is 19.1. The fourth-order valence-electron chi connectivity index (χ4n) is 2.36. The molecule has 24 heavy (non-hydrogen) atoms. The molecular weight excluding hydrogens is 366 g/mol. The maximum absolute atomic E-state index is 11.9. The van der Waals surface area contributed by atoms with E-state index in [4.69, 9.17) is 11.6 Å². The normalized spacial score (nSPS) is 11.6. The Morgan fingerprint density at radius 1 is 1.12 bits per heavy atom. The molecule has 0 atom stereocenters. The van der Waals surface area contributed by atoms with Gasteiger partial charge in [-0.2, -0.15) is 0 Å². The van der Waals surface area contributed by atoms with Crippen molar-refractivity contribution in [2.24, 2.45) is 0 Å². The van der Waals surface area contributed by atoms with Crippen LogP contribution in [0.4, 0.5) is 0 Å². The van der Waals surface area contributed by atoms with Crippen LogP contribution in [0.15, 0.2) is 30.3 Å². The predicted octanol–water partition coefficient (Wildman–Crippen LogP) is 3.98. The van der Waals surface area contributed by atoms with Gasteiger partial charge in [-0.05, 0) is 31.2 Å². The summed E-state index contributed by atoms with van der Waals surface area (Å²) in [6.45, 7) is 0. The van der Waals surface area contributed by atoms with E-state index in [2.05, 4.69) is 17.1 Å². The van der Waals surface area contributed by atoms with Gasteiger partial charge in [-0.15, -0.1) is 11.3 Å². The van der Waals surface area contributed by atoms with E-state index in [1.54, 1.807) is 0 Å². The van der Waals surface area contributed by atoms with E-state index >= 15 is 0 Å². The maximum atomic E-state index is 11.9. The summed E-state index contributed by atoms with van der Waals surface area (Å²) in [4.78, 5) is 16.1. The molecule has 0 aliphatic carbocycles. The molecule has 0 aliphatic heterocycles. The number of nitrogens with zero attached hydrogens (tertiary/aromatic N) is 1. The highest BCUT2D eigenvalue weighted by Gasteiger charge is 2.20. The lowest BCUT2D eigenvalue weighted by Gasteiger charge is -2.00. The van der Waals surface area contributed by atoms with Crippen LogP contribution in [0.2, 0.25) is 4.34 Å². The number of carbonyl (C=O) groups is 1. The smallest absolute Gasteiger partial charge is 0.198 e.